The molecule has 120 valence electrons. The lowest BCUT2D eigenvalue weighted by atomic mass is 9.86. The molecule has 1 aliphatic heterocycles. The monoisotopic (exact) mass is 307 g/mol. The highest BCUT2D eigenvalue weighted by Gasteiger charge is 2.35. The zero-order chi connectivity index (χ0) is 15.7. The van der Waals surface area contributed by atoms with Crippen LogP contribution in [0.2, 0.25) is 0 Å². The van der Waals surface area contributed by atoms with Gasteiger partial charge in [-0.1, -0.05) is 0 Å². The number of likely N-dealkylation sites (N-methyl/N-ethyl adjacent to an activating group) is 1. The van der Waals surface area contributed by atoms with E-state index in [1.165, 1.54) is 12.1 Å². The smallest absolute Gasteiger partial charge is 0.263 e. The Morgan fingerprint density at radius 2 is 2.09 bits per heavy atom. The van der Waals surface area contributed by atoms with Crippen molar-refractivity contribution in [1.29, 1.82) is 0 Å². The van der Waals surface area contributed by atoms with Gasteiger partial charge >= 0.3 is 0 Å². The Balaban J connectivity index is 1.61. The van der Waals surface area contributed by atoms with Crippen LogP contribution in [0.25, 0.3) is 0 Å². The van der Waals surface area contributed by atoms with Gasteiger partial charge in [0.25, 0.3) is 5.91 Å². The first-order chi connectivity index (χ1) is 10.6. The summed E-state index contributed by atoms with van der Waals surface area (Å²) in [5.41, 5.74) is 0.760. The number of carbonyl (C=O) groups excluding carboxylic acids is 1. The molecule has 0 saturated heterocycles. The van der Waals surface area contributed by atoms with Gasteiger partial charge in [0.15, 0.2) is 6.10 Å². The van der Waals surface area contributed by atoms with Gasteiger partial charge < -0.3 is 14.7 Å². The Morgan fingerprint density at radius 3 is 2.77 bits per heavy atom. The largest absolute Gasteiger partial charge is 0.480 e. The van der Waals surface area contributed by atoms with Gasteiger partial charge in [-0.25, -0.2) is 4.39 Å². The molecule has 1 fully saturated rings. The van der Waals surface area contributed by atoms with Crippen molar-refractivity contribution >= 4 is 5.91 Å². The standard InChI is InChI=1S/C17H22FNO3/c1-19(14-5-2-11(10-20)3-6-14)17(21)16-9-12-8-13(18)4-7-15(12)22-16/h4,7-8,11,14,16,20H,2-3,5-6,9-10H2,1H3. The Morgan fingerprint density at radius 1 is 1.36 bits per heavy atom. The number of aliphatic hydroxyl groups is 1. The van der Waals surface area contributed by atoms with Crippen LogP contribution >= 0.6 is 0 Å². The summed E-state index contributed by atoms with van der Waals surface area (Å²) < 4.78 is 18.9. The van der Waals surface area contributed by atoms with Gasteiger partial charge in [-0.05, 0) is 49.8 Å². The van der Waals surface area contributed by atoms with Crippen LogP contribution in [0, 0.1) is 11.7 Å². The highest BCUT2D eigenvalue weighted by atomic mass is 19.1. The van der Waals surface area contributed by atoms with Crippen LogP contribution in [-0.2, 0) is 11.2 Å². The second-order valence-corrected chi connectivity index (χ2v) is 6.37. The van der Waals surface area contributed by atoms with Crippen LogP contribution < -0.4 is 4.74 Å². The quantitative estimate of drug-likeness (QED) is 0.931. The van der Waals surface area contributed by atoms with Crippen LogP contribution in [-0.4, -0.2) is 41.7 Å². The number of fused-ring (bicyclic) bond motifs is 1. The van der Waals surface area contributed by atoms with Gasteiger partial charge in [-0.3, -0.25) is 4.79 Å². The maximum absolute atomic E-state index is 13.2. The first-order valence-electron chi connectivity index (χ1n) is 7.91. The summed E-state index contributed by atoms with van der Waals surface area (Å²) in [6, 6.07) is 4.59. The summed E-state index contributed by atoms with van der Waals surface area (Å²) in [6.45, 7) is 0.233. The van der Waals surface area contributed by atoms with Crippen LogP contribution in [0.1, 0.15) is 31.2 Å². The van der Waals surface area contributed by atoms with Gasteiger partial charge in [-0.15, -0.1) is 0 Å². The third-order valence-corrected chi connectivity index (χ3v) is 4.94. The first-order valence-corrected chi connectivity index (χ1v) is 7.91. The minimum Gasteiger partial charge on any atom is -0.480 e. The summed E-state index contributed by atoms with van der Waals surface area (Å²) in [4.78, 5) is 14.4. The van der Waals surface area contributed by atoms with Crippen molar-refractivity contribution < 1.29 is 19.0 Å². The predicted molar refractivity (Wildman–Crippen MR) is 80.1 cm³/mol. The lowest BCUT2D eigenvalue weighted by Crippen LogP contribution is -2.46. The minimum absolute atomic E-state index is 0.0379. The van der Waals surface area contributed by atoms with Crippen LogP contribution in [0.15, 0.2) is 18.2 Å². The summed E-state index contributed by atoms with van der Waals surface area (Å²) >= 11 is 0. The summed E-state index contributed by atoms with van der Waals surface area (Å²) in [7, 11) is 1.82. The Hall–Kier alpha value is -1.62. The SMILES string of the molecule is CN(C(=O)C1Cc2cc(F)ccc2O1)C1CCC(CO)CC1. The lowest BCUT2D eigenvalue weighted by molar-refractivity contribution is -0.139. The summed E-state index contributed by atoms with van der Waals surface area (Å²) in [6.07, 6.45) is 3.63. The molecule has 1 unspecified atom stereocenters. The maximum Gasteiger partial charge on any atom is 0.263 e. The third-order valence-electron chi connectivity index (χ3n) is 4.94. The van der Waals surface area contributed by atoms with Gasteiger partial charge in [0.2, 0.25) is 0 Å². The normalized spacial score (nSPS) is 27.1. The van der Waals surface area contributed by atoms with Gasteiger partial charge in [-0.2, -0.15) is 0 Å². The van der Waals surface area contributed by atoms with Crippen molar-refractivity contribution in [3.8, 4) is 5.75 Å². The van der Waals surface area contributed by atoms with E-state index in [0.717, 1.165) is 31.2 Å². The first kappa shape index (κ1) is 15.3. The molecule has 1 aliphatic carbocycles. The molecule has 0 bridgehead atoms. The van der Waals surface area contributed by atoms with Crippen molar-refractivity contribution in [2.45, 2.75) is 44.2 Å². The number of amides is 1. The average molecular weight is 307 g/mol. The topological polar surface area (TPSA) is 49.8 Å². The van der Waals surface area contributed by atoms with Gasteiger partial charge in [0, 0.05) is 31.7 Å². The Kier molecular flexibility index (Phi) is 4.34. The second-order valence-electron chi connectivity index (χ2n) is 6.37. The van der Waals surface area contributed by atoms with E-state index in [0.29, 0.717) is 18.1 Å². The maximum atomic E-state index is 13.2. The Labute approximate surface area is 129 Å². The summed E-state index contributed by atoms with van der Waals surface area (Å²) in [5.74, 6) is 0.641. The zero-order valence-electron chi connectivity index (χ0n) is 12.8. The highest BCUT2D eigenvalue weighted by Crippen LogP contribution is 2.32. The van der Waals surface area contributed by atoms with Crippen LogP contribution in [0.4, 0.5) is 4.39 Å². The molecule has 1 saturated carbocycles. The molecule has 2 aliphatic rings. The lowest BCUT2D eigenvalue weighted by Gasteiger charge is -2.35. The molecule has 1 aromatic rings. The minimum atomic E-state index is -0.544. The average Bonchev–Trinajstić information content (AvgIpc) is 2.96. The van der Waals surface area contributed by atoms with Crippen molar-refractivity contribution in [1.82, 2.24) is 4.90 Å². The number of ether oxygens (including phenoxy) is 1. The van der Waals surface area contributed by atoms with E-state index in [4.69, 9.17) is 4.74 Å². The van der Waals surface area contributed by atoms with Crippen molar-refractivity contribution in [3.05, 3.63) is 29.6 Å². The molecule has 22 heavy (non-hydrogen) atoms. The molecule has 1 amide bonds. The van der Waals surface area contributed by atoms with Crippen molar-refractivity contribution in [2.75, 3.05) is 13.7 Å². The van der Waals surface area contributed by atoms with Gasteiger partial charge in [0.1, 0.15) is 11.6 Å². The fourth-order valence-electron chi connectivity index (χ4n) is 3.48. The third kappa shape index (κ3) is 2.95. The molecule has 1 aromatic carbocycles. The molecular formula is C17H22FNO3. The number of nitrogens with zero attached hydrogens (tertiary/aromatic N) is 1. The summed E-state index contributed by atoms with van der Waals surface area (Å²) in [5, 5.41) is 9.19. The van der Waals surface area contributed by atoms with E-state index in [1.807, 2.05) is 7.05 Å². The fraction of sp³-hybridized carbons (Fsp3) is 0.588. The van der Waals surface area contributed by atoms with Crippen molar-refractivity contribution in [3.63, 3.8) is 0 Å². The molecule has 0 aromatic heterocycles. The molecule has 5 heteroatoms. The number of halogens is 1. The number of benzene rings is 1. The molecule has 0 spiro atoms. The van der Waals surface area contributed by atoms with E-state index in [2.05, 4.69) is 0 Å². The number of carbonyl (C=O) groups is 1. The van der Waals surface area contributed by atoms with Crippen molar-refractivity contribution in [2.24, 2.45) is 5.92 Å². The molecule has 3 rings (SSSR count). The number of hydrogen-bond donors (Lipinski definition) is 1. The molecule has 1 N–H and O–H groups in total. The fourth-order valence-corrected chi connectivity index (χ4v) is 3.48. The number of rotatable bonds is 3. The molecule has 4 nitrogen and oxygen atoms in total. The number of aliphatic hydroxyl groups excluding tert-OH is 1. The second kappa shape index (κ2) is 6.24. The van der Waals surface area contributed by atoms with E-state index in [9.17, 15) is 14.3 Å². The molecule has 0 radical (unpaired) electrons. The van der Waals surface area contributed by atoms with E-state index >= 15 is 0 Å². The molecule has 1 heterocycles. The zero-order valence-corrected chi connectivity index (χ0v) is 12.8. The van der Waals surface area contributed by atoms with E-state index in [1.54, 1.807) is 11.0 Å². The molecule has 1 atom stereocenters. The predicted octanol–water partition coefficient (Wildman–Crippen LogP) is 2.14. The van der Waals surface area contributed by atoms with E-state index in [-0.39, 0.29) is 24.4 Å². The highest BCUT2D eigenvalue weighted by molar-refractivity contribution is 5.82. The van der Waals surface area contributed by atoms with Gasteiger partial charge in [0.05, 0.1) is 0 Å². The Bertz CT molecular complexity index is 555. The van der Waals surface area contributed by atoms with Crippen LogP contribution in [0.3, 0.4) is 0 Å². The molecular weight excluding hydrogens is 285 g/mol. The number of hydrogen-bond acceptors (Lipinski definition) is 3. The van der Waals surface area contributed by atoms with Crippen LogP contribution in [0.5, 0.6) is 5.75 Å². The van der Waals surface area contributed by atoms with E-state index < -0.39 is 6.10 Å².